The van der Waals surface area contributed by atoms with E-state index in [4.69, 9.17) is 4.74 Å². The molecule has 1 aromatic carbocycles. The summed E-state index contributed by atoms with van der Waals surface area (Å²) in [4.78, 5) is 8.31. The van der Waals surface area contributed by atoms with Gasteiger partial charge in [0, 0.05) is 30.5 Å². The highest BCUT2D eigenvalue weighted by molar-refractivity contribution is 5.30. The largest absolute Gasteiger partial charge is 0.424 e. The topological polar surface area (TPSA) is 47.0 Å². The van der Waals surface area contributed by atoms with Gasteiger partial charge in [-0.2, -0.15) is 0 Å². The molecule has 3 rings (SSSR count). The zero-order chi connectivity index (χ0) is 13.9. The highest BCUT2D eigenvalue weighted by Gasteiger charge is 2.19. The second kappa shape index (κ2) is 5.54. The van der Waals surface area contributed by atoms with Crippen LogP contribution >= 0.6 is 0 Å². The maximum absolute atomic E-state index is 13.2. The predicted molar refractivity (Wildman–Crippen MR) is 73.1 cm³/mol. The van der Waals surface area contributed by atoms with E-state index >= 15 is 0 Å². The Hall–Kier alpha value is -2.01. The van der Waals surface area contributed by atoms with E-state index in [9.17, 15) is 4.39 Å². The van der Waals surface area contributed by atoms with E-state index in [1.807, 2.05) is 0 Å². The van der Waals surface area contributed by atoms with E-state index in [2.05, 4.69) is 15.3 Å². The zero-order valence-corrected chi connectivity index (χ0v) is 11.3. The van der Waals surface area contributed by atoms with Gasteiger partial charge in [-0.1, -0.05) is 0 Å². The van der Waals surface area contributed by atoms with Gasteiger partial charge in [0.2, 0.25) is 0 Å². The van der Waals surface area contributed by atoms with Gasteiger partial charge in [0.05, 0.1) is 0 Å². The molecule has 0 aliphatic heterocycles. The van der Waals surface area contributed by atoms with Crippen LogP contribution in [0.3, 0.4) is 0 Å². The third-order valence-corrected chi connectivity index (χ3v) is 3.19. The van der Waals surface area contributed by atoms with Crippen LogP contribution < -0.4 is 10.1 Å². The number of aromatic nitrogens is 2. The predicted octanol–water partition coefficient (Wildman–Crippen LogP) is 2.97. The molecule has 0 amide bonds. The number of aryl methyl sites for hydroxylation is 1. The van der Waals surface area contributed by atoms with Gasteiger partial charge in [-0.3, -0.25) is 0 Å². The maximum Gasteiger partial charge on any atom is 0.321 e. The van der Waals surface area contributed by atoms with Crippen molar-refractivity contribution in [1.29, 1.82) is 0 Å². The lowest BCUT2D eigenvalue weighted by atomic mass is 10.2. The summed E-state index contributed by atoms with van der Waals surface area (Å²) >= 11 is 0. The number of benzene rings is 1. The highest BCUT2D eigenvalue weighted by Crippen LogP contribution is 2.21. The Morgan fingerprint density at radius 3 is 2.70 bits per heavy atom. The van der Waals surface area contributed by atoms with Gasteiger partial charge in [-0.25, -0.2) is 14.4 Å². The molecule has 4 nitrogen and oxygen atoms in total. The van der Waals surface area contributed by atoms with Crippen molar-refractivity contribution in [3.63, 3.8) is 0 Å². The van der Waals surface area contributed by atoms with Crippen LogP contribution in [-0.2, 0) is 6.54 Å². The van der Waals surface area contributed by atoms with Gasteiger partial charge in [0.1, 0.15) is 11.6 Å². The van der Waals surface area contributed by atoms with Crippen LogP contribution in [0.1, 0.15) is 24.0 Å². The summed E-state index contributed by atoms with van der Waals surface area (Å²) in [6.07, 6.45) is 6.00. The second-order valence-electron chi connectivity index (χ2n) is 5.04. The Bertz CT molecular complexity index is 597. The number of rotatable bonds is 5. The lowest BCUT2D eigenvalue weighted by Crippen LogP contribution is -2.15. The lowest BCUT2D eigenvalue weighted by molar-refractivity contribution is 0.438. The molecular weight excluding hydrogens is 257 g/mol. The third kappa shape index (κ3) is 3.30. The molecule has 0 unspecified atom stereocenters. The minimum absolute atomic E-state index is 0.250. The van der Waals surface area contributed by atoms with Crippen molar-refractivity contribution in [2.45, 2.75) is 32.4 Å². The van der Waals surface area contributed by atoms with Crippen LogP contribution in [0.4, 0.5) is 4.39 Å². The molecule has 0 radical (unpaired) electrons. The Morgan fingerprint density at radius 2 is 2.05 bits per heavy atom. The summed E-state index contributed by atoms with van der Waals surface area (Å²) < 4.78 is 18.6. The summed E-state index contributed by atoms with van der Waals surface area (Å²) in [6, 6.07) is 5.49. The normalized spacial score (nSPS) is 14.3. The van der Waals surface area contributed by atoms with Crippen LogP contribution in [0.25, 0.3) is 0 Å². The molecule has 0 spiro atoms. The number of ether oxygens (including phenoxy) is 1. The van der Waals surface area contributed by atoms with E-state index in [1.165, 1.54) is 18.9 Å². The smallest absolute Gasteiger partial charge is 0.321 e. The lowest BCUT2D eigenvalue weighted by Gasteiger charge is -2.06. The third-order valence-electron chi connectivity index (χ3n) is 3.19. The molecule has 1 saturated carbocycles. The fraction of sp³-hybridized carbons (Fsp3) is 0.333. The molecule has 1 aromatic heterocycles. The highest BCUT2D eigenvalue weighted by atomic mass is 19.1. The molecule has 1 heterocycles. The maximum atomic E-state index is 13.2. The number of hydrogen-bond donors (Lipinski definition) is 1. The summed E-state index contributed by atoms with van der Waals surface area (Å²) in [5.74, 6) is 0.285. The summed E-state index contributed by atoms with van der Waals surface area (Å²) in [7, 11) is 0. The number of hydrogen-bond acceptors (Lipinski definition) is 4. The SMILES string of the molecule is Cc1cc(Oc2ncc(CNC3CC3)cn2)ccc1F. The number of nitrogens with zero attached hydrogens (tertiary/aromatic N) is 2. The molecule has 1 aliphatic rings. The summed E-state index contributed by atoms with van der Waals surface area (Å²) in [5, 5.41) is 3.39. The number of halogens is 1. The van der Waals surface area contributed by atoms with Crippen molar-refractivity contribution in [3.8, 4) is 11.8 Å². The molecule has 0 saturated heterocycles. The minimum atomic E-state index is -0.250. The zero-order valence-electron chi connectivity index (χ0n) is 11.3. The average molecular weight is 273 g/mol. The van der Waals surface area contributed by atoms with Gasteiger partial charge in [0.15, 0.2) is 0 Å². The standard InChI is InChI=1S/C15H16FN3O/c1-10-6-13(4-5-14(10)16)20-15-18-8-11(9-19-15)7-17-12-2-3-12/h4-6,8-9,12,17H,2-3,7H2,1H3. The first kappa shape index (κ1) is 13.0. The minimum Gasteiger partial charge on any atom is -0.424 e. The van der Waals surface area contributed by atoms with Crippen molar-refractivity contribution < 1.29 is 9.13 Å². The molecule has 1 fully saturated rings. The van der Waals surface area contributed by atoms with Crippen molar-refractivity contribution in [3.05, 3.63) is 47.5 Å². The average Bonchev–Trinajstić information content (AvgIpc) is 3.26. The fourth-order valence-electron chi connectivity index (χ4n) is 1.82. The molecule has 0 bridgehead atoms. The van der Waals surface area contributed by atoms with E-state index in [0.717, 1.165) is 12.1 Å². The second-order valence-corrected chi connectivity index (χ2v) is 5.04. The van der Waals surface area contributed by atoms with Crippen LogP contribution in [0, 0.1) is 12.7 Å². The van der Waals surface area contributed by atoms with E-state index in [-0.39, 0.29) is 11.8 Å². The van der Waals surface area contributed by atoms with Crippen LogP contribution in [-0.4, -0.2) is 16.0 Å². The van der Waals surface area contributed by atoms with Gasteiger partial charge >= 0.3 is 6.01 Å². The quantitative estimate of drug-likeness (QED) is 0.909. The molecule has 104 valence electrons. The molecule has 0 atom stereocenters. The van der Waals surface area contributed by atoms with Crippen LogP contribution in [0.2, 0.25) is 0 Å². The molecule has 1 N–H and O–H groups in total. The van der Waals surface area contributed by atoms with Gasteiger partial charge < -0.3 is 10.1 Å². The Labute approximate surface area is 117 Å². The van der Waals surface area contributed by atoms with Crippen molar-refractivity contribution in [1.82, 2.24) is 15.3 Å². The molecule has 5 heteroatoms. The first-order valence-corrected chi connectivity index (χ1v) is 6.69. The van der Waals surface area contributed by atoms with Gasteiger partial charge in [-0.15, -0.1) is 0 Å². The van der Waals surface area contributed by atoms with Crippen LogP contribution in [0.5, 0.6) is 11.8 Å². The first-order chi connectivity index (χ1) is 9.70. The molecular formula is C15H16FN3O. The van der Waals surface area contributed by atoms with Crippen molar-refractivity contribution in [2.24, 2.45) is 0 Å². The summed E-state index contributed by atoms with van der Waals surface area (Å²) in [5.41, 5.74) is 1.56. The monoisotopic (exact) mass is 273 g/mol. The Kier molecular flexibility index (Phi) is 3.60. The van der Waals surface area contributed by atoms with Gasteiger partial charge in [0.25, 0.3) is 0 Å². The van der Waals surface area contributed by atoms with Crippen LogP contribution in [0.15, 0.2) is 30.6 Å². The van der Waals surface area contributed by atoms with Crippen molar-refractivity contribution in [2.75, 3.05) is 0 Å². The summed E-state index contributed by atoms with van der Waals surface area (Å²) in [6.45, 7) is 2.47. The number of nitrogens with one attached hydrogen (secondary N) is 1. The Morgan fingerprint density at radius 1 is 1.30 bits per heavy atom. The van der Waals surface area contributed by atoms with E-state index in [0.29, 0.717) is 17.4 Å². The van der Waals surface area contributed by atoms with Gasteiger partial charge in [-0.05, 0) is 43.5 Å². The molecule has 1 aliphatic carbocycles. The van der Waals surface area contributed by atoms with Crippen molar-refractivity contribution >= 4 is 0 Å². The first-order valence-electron chi connectivity index (χ1n) is 6.69. The molecule has 2 aromatic rings. The fourth-order valence-corrected chi connectivity index (χ4v) is 1.82. The molecule has 20 heavy (non-hydrogen) atoms. The van der Waals surface area contributed by atoms with E-state index < -0.39 is 0 Å². The Balaban J connectivity index is 1.62. The van der Waals surface area contributed by atoms with E-state index in [1.54, 1.807) is 31.5 Å².